The Kier molecular flexibility index (Phi) is 7.40. The van der Waals surface area contributed by atoms with Crippen molar-refractivity contribution in [2.24, 2.45) is 0 Å². The van der Waals surface area contributed by atoms with E-state index in [4.69, 9.17) is 15.1 Å². The van der Waals surface area contributed by atoms with Crippen LogP contribution in [0.5, 0.6) is 0 Å². The van der Waals surface area contributed by atoms with Gasteiger partial charge >= 0.3 is 0 Å². The van der Waals surface area contributed by atoms with Crippen LogP contribution in [0.3, 0.4) is 0 Å². The number of carbonyl (C=O) groups excluding carboxylic acids is 1. The molecule has 0 radical (unpaired) electrons. The fraction of sp³-hybridized carbons (Fsp3) is 0.783. The first kappa shape index (κ1) is 22.4. The molecule has 1 amide bonds. The van der Waals surface area contributed by atoms with E-state index in [0.717, 1.165) is 57.9 Å². The molecule has 3 fully saturated rings. The molecule has 8 nitrogen and oxygen atoms in total. The molecule has 0 aromatic carbocycles. The predicted molar refractivity (Wildman–Crippen MR) is 121 cm³/mol. The molecule has 3 aliphatic heterocycles. The highest BCUT2D eigenvalue weighted by Gasteiger charge is 2.41. The van der Waals surface area contributed by atoms with Crippen molar-refractivity contribution in [2.45, 2.75) is 70.0 Å². The van der Waals surface area contributed by atoms with Crippen LogP contribution in [0, 0.1) is 0 Å². The number of anilines is 1. The lowest BCUT2D eigenvalue weighted by Gasteiger charge is -2.42. The number of amides is 1. The number of fused-ring (bicyclic) bond motifs is 2. The van der Waals surface area contributed by atoms with Crippen molar-refractivity contribution in [3.63, 3.8) is 0 Å². The van der Waals surface area contributed by atoms with Crippen LogP contribution in [0.2, 0.25) is 0 Å². The Morgan fingerprint density at radius 3 is 2.35 bits per heavy atom. The lowest BCUT2D eigenvalue weighted by Crippen LogP contribution is -2.56. The first-order valence-corrected chi connectivity index (χ1v) is 12.0. The Labute approximate surface area is 186 Å². The highest BCUT2D eigenvalue weighted by Crippen LogP contribution is 2.34. The third kappa shape index (κ3) is 5.35. The summed E-state index contributed by atoms with van der Waals surface area (Å²) >= 11 is 0. The highest BCUT2D eigenvalue weighted by atomic mass is 16.3. The van der Waals surface area contributed by atoms with Gasteiger partial charge in [-0.1, -0.05) is 0 Å². The second-order valence-corrected chi connectivity index (χ2v) is 9.63. The molecule has 1 aromatic rings. The van der Waals surface area contributed by atoms with Crippen LogP contribution in [-0.2, 0) is 4.79 Å². The molecule has 8 heteroatoms. The fourth-order valence-electron chi connectivity index (χ4n) is 5.44. The van der Waals surface area contributed by atoms with Crippen molar-refractivity contribution >= 4 is 11.9 Å². The molecule has 3 aliphatic rings. The van der Waals surface area contributed by atoms with E-state index in [1.807, 2.05) is 0 Å². The van der Waals surface area contributed by atoms with E-state index >= 15 is 0 Å². The van der Waals surface area contributed by atoms with Crippen LogP contribution in [-0.4, -0.2) is 94.8 Å². The zero-order valence-electron chi connectivity index (χ0n) is 19.0. The van der Waals surface area contributed by atoms with Gasteiger partial charge in [-0.2, -0.15) is 0 Å². The van der Waals surface area contributed by atoms with Crippen LogP contribution >= 0.6 is 0 Å². The van der Waals surface area contributed by atoms with Crippen LogP contribution < -0.4 is 10.2 Å². The molecule has 2 N–H and O–H groups in total. The molecule has 2 bridgehead atoms. The molecule has 0 aliphatic carbocycles. The lowest BCUT2D eigenvalue weighted by molar-refractivity contribution is -0.123. The number of nitrogens with one attached hydrogen (secondary N) is 1. The molecule has 31 heavy (non-hydrogen) atoms. The number of rotatable bonds is 8. The van der Waals surface area contributed by atoms with Gasteiger partial charge in [0.2, 0.25) is 11.9 Å². The first-order chi connectivity index (χ1) is 15.0. The van der Waals surface area contributed by atoms with Crippen LogP contribution in [0.25, 0.3) is 0 Å². The second kappa shape index (κ2) is 10.2. The summed E-state index contributed by atoms with van der Waals surface area (Å²) in [5, 5.41) is 11.5. The number of nitrogens with zero attached hydrogens (tertiary/aromatic N) is 5. The fourth-order valence-corrected chi connectivity index (χ4v) is 5.44. The molecule has 4 rings (SSSR count). The minimum absolute atomic E-state index is 0.294. The topological polar surface area (TPSA) is 84.8 Å². The summed E-state index contributed by atoms with van der Waals surface area (Å²) in [6, 6.07) is 1.72. The van der Waals surface area contributed by atoms with Gasteiger partial charge in [-0.15, -0.1) is 0 Å². The molecule has 4 heterocycles. The monoisotopic (exact) mass is 430 g/mol. The summed E-state index contributed by atoms with van der Waals surface area (Å²) in [7, 11) is 0. The standard InChI is InChI=1S/C23H38N6O2/c1-17(2)28-14-20-4-5-21(15-28)29(20)23-25-12-19(13-26-23)18-6-10-27(11-7-18)9-3-8-24-22(31)16-30/h12-13,17-18,20-21,30H,3-11,14-16H2,1-2H3,(H,24,31). The van der Waals surface area contributed by atoms with Gasteiger partial charge in [0.05, 0.1) is 0 Å². The van der Waals surface area contributed by atoms with Gasteiger partial charge in [-0.05, 0) is 77.1 Å². The molecule has 2 unspecified atom stereocenters. The highest BCUT2D eigenvalue weighted by molar-refractivity contribution is 5.76. The molecule has 3 saturated heterocycles. The average molecular weight is 431 g/mol. The largest absolute Gasteiger partial charge is 0.387 e. The van der Waals surface area contributed by atoms with Gasteiger partial charge in [-0.25, -0.2) is 9.97 Å². The Balaban J connectivity index is 1.25. The van der Waals surface area contributed by atoms with E-state index in [1.165, 1.54) is 18.4 Å². The normalized spacial score (nSPS) is 25.4. The number of carbonyl (C=O) groups is 1. The average Bonchev–Trinajstić information content (AvgIpc) is 3.05. The number of aliphatic hydroxyl groups is 1. The SMILES string of the molecule is CC(C)N1CC2CCC(C1)N2c1ncc(C2CCN(CCCNC(=O)CO)CC2)cn1. The third-order valence-corrected chi connectivity index (χ3v) is 7.31. The van der Waals surface area contributed by atoms with E-state index in [1.54, 1.807) is 0 Å². The number of hydrogen-bond donors (Lipinski definition) is 2. The number of piperazine rings is 1. The molecule has 0 saturated carbocycles. The summed E-state index contributed by atoms with van der Waals surface area (Å²) in [6.07, 6.45) is 9.82. The van der Waals surface area contributed by atoms with Gasteiger partial charge in [0.1, 0.15) is 6.61 Å². The van der Waals surface area contributed by atoms with Crippen molar-refractivity contribution in [1.29, 1.82) is 0 Å². The Bertz CT molecular complexity index is 705. The van der Waals surface area contributed by atoms with Crippen LogP contribution in [0.1, 0.15) is 57.4 Å². The molecule has 2 atom stereocenters. The summed E-state index contributed by atoms with van der Waals surface area (Å²) < 4.78 is 0. The van der Waals surface area contributed by atoms with Crippen molar-refractivity contribution < 1.29 is 9.90 Å². The van der Waals surface area contributed by atoms with Crippen molar-refractivity contribution in [1.82, 2.24) is 25.1 Å². The van der Waals surface area contributed by atoms with Gasteiger partial charge < -0.3 is 20.2 Å². The van der Waals surface area contributed by atoms with Crippen LogP contribution in [0.15, 0.2) is 12.4 Å². The predicted octanol–water partition coefficient (Wildman–Crippen LogP) is 1.22. The quantitative estimate of drug-likeness (QED) is 0.600. The van der Waals surface area contributed by atoms with Crippen molar-refractivity contribution in [3.05, 3.63) is 18.0 Å². The number of hydrogen-bond acceptors (Lipinski definition) is 7. The van der Waals surface area contributed by atoms with E-state index in [0.29, 0.717) is 30.6 Å². The summed E-state index contributed by atoms with van der Waals surface area (Å²) in [5.74, 6) is 1.16. The Morgan fingerprint density at radius 2 is 1.77 bits per heavy atom. The zero-order chi connectivity index (χ0) is 21.8. The summed E-state index contributed by atoms with van der Waals surface area (Å²) in [4.78, 5) is 28.3. The van der Waals surface area contributed by atoms with Gasteiger partial charge in [0.15, 0.2) is 0 Å². The van der Waals surface area contributed by atoms with E-state index in [2.05, 4.69) is 46.3 Å². The van der Waals surface area contributed by atoms with Crippen molar-refractivity contribution in [3.8, 4) is 0 Å². The second-order valence-electron chi connectivity index (χ2n) is 9.63. The number of aliphatic hydroxyl groups excluding tert-OH is 1. The molecule has 172 valence electrons. The molecule has 1 aromatic heterocycles. The third-order valence-electron chi connectivity index (χ3n) is 7.31. The number of piperidine rings is 1. The smallest absolute Gasteiger partial charge is 0.245 e. The molecular formula is C23H38N6O2. The summed E-state index contributed by atoms with van der Waals surface area (Å²) in [5.41, 5.74) is 1.27. The zero-order valence-corrected chi connectivity index (χ0v) is 19.0. The minimum atomic E-state index is -0.429. The van der Waals surface area contributed by atoms with Gasteiger partial charge in [0, 0.05) is 50.2 Å². The Morgan fingerprint density at radius 1 is 1.13 bits per heavy atom. The first-order valence-electron chi connectivity index (χ1n) is 12.0. The van der Waals surface area contributed by atoms with Crippen LogP contribution in [0.4, 0.5) is 5.95 Å². The maximum Gasteiger partial charge on any atom is 0.245 e. The number of aromatic nitrogens is 2. The maximum atomic E-state index is 11.1. The molecular weight excluding hydrogens is 392 g/mol. The lowest BCUT2D eigenvalue weighted by atomic mass is 9.91. The van der Waals surface area contributed by atoms with E-state index in [9.17, 15) is 4.79 Å². The maximum absolute atomic E-state index is 11.1. The van der Waals surface area contributed by atoms with E-state index in [-0.39, 0.29) is 5.91 Å². The molecule has 0 spiro atoms. The number of likely N-dealkylation sites (tertiary alicyclic amines) is 2. The summed E-state index contributed by atoms with van der Waals surface area (Å²) in [6.45, 7) is 10.2. The van der Waals surface area contributed by atoms with Gasteiger partial charge in [0.25, 0.3) is 0 Å². The van der Waals surface area contributed by atoms with E-state index < -0.39 is 6.61 Å². The van der Waals surface area contributed by atoms with Crippen molar-refractivity contribution in [2.75, 3.05) is 50.8 Å². The van der Waals surface area contributed by atoms with Gasteiger partial charge in [-0.3, -0.25) is 9.69 Å². The minimum Gasteiger partial charge on any atom is -0.387 e. The Hall–Kier alpha value is -1.77.